The van der Waals surface area contributed by atoms with Crippen LogP contribution in [0.4, 0.5) is 10.1 Å². The van der Waals surface area contributed by atoms with Crippen molar-refractivity contribution in [3.63, 3.8) is 0 Å². The van der Waals surface area contributed by atoms with Crippen molar-refractivity contribution in [3.8, 4) is 0 Å². The Morgan fingerprint density at radius 2 is 1.90 bits per heavy atom. The van der Waals surface area contributed by atoms with Crippen molar-refractivity contribution in [3.05, 3.63) is 71.8 Å². The molecule has 1 saturated carbocycles. The van der Waals surface area contributed by atoms with Gasteiger partial charge in [-0.05, 0) is 74.4 Å². The summed E-state index contributed by atoms with van der Waals surface area (Å²) in [5, 5.41) is 4.89. The Morgan fingerprint density at radius 1 is 1.10 bits per heavy atom. The summed E-state index contributed by atoms with van der Waals surface area (Å²) in [5.41, 5.74) is 0.668. The Hall–Kier alpha value is -3.28. The predicted molar refractivity (Wildman–Crippen MR) is 113 cm³/mol. The average molecular weight is 406 g/mol. The third-order valence-corrected chi connectivity index (χ3v) is 5.07. The van der Waals surface area contributed by atoms with Gasteiger partial charge < -0.3 is 10.1 Å². The molecule has 0 radical (unpaired) electrons. The Bertz CT molecular complexity index is 1140. The molecule has 6 heteroatoms. The van der Waals surface area contributed by atoms with Crippen molar-refractivity contribution in [1.82, 2.24) is 4.98 Å². The van der Waals surface area contributed by atoms with Gasteiger partial charge in [0.1, 0.15) is 11.4 Å². The molecule has 0 aliphatic heterocycles. The number of ether oxygens (including phenoxy) is 1. The molecule has 0 saturated heterocycles. The molecule has 1 heterocycles. The molecule has 4 rings (SSSR count). The molecule has 1 aliphatic rings. The largest absolute Gasteiger partial charge is 0.456 e. The van der Waals surface area contributed by atoms with Crippen LogP contribution in [0.2, 0.25) is 0 Å². The number of halogens is 1. The third-order valence-electron chi connectivity index (χ3n) is 5.07. The first kappa shape index (κ1) is 20.0. The van der Waals surface area contributed by atoms with E-state index >= 15 is 0 Å². The highest BCUT2D eigenvalue weighted by molar-refractivity contribution is 5.97. The monoisotopic (exact) mass is 406 g/mol. The zero-order valence-electron chi connectivity index (χ0n) is 17.1. The fourth-order valence-corrected chi connectivity index (χ4v) is 3.52. The van der Waals surface area contributed by atoms with Gasteiger partial charge in [0.2, 0.25) is 5.91 Å². The lowest BCUT2D eigenvalue weighted by molar-refractivity contribution is -0.117. The lowest BCUT2D eigenvalue weighted by Gasteiger charge is -2.19. The minimum atomic E-state index is -0.648. The van der Waals surface area contributed by atoms with Crippen LogP contribution in [0.3, 0.4) is 0 Å². The molecule has 2 unspecified atom stereocenters. The summed E-state index contributed by atoms with van der Waals surface area (Å²) < 4.78 is 19.9. The SMILES string of the molecule is CC(C)(C)OC(=O)c1ccc(C2CC2C(=O)Nc2ccc3cnccc3c2)c(F)c1. The number of carbonyl (C=O) groups is 2. The van der Waals surface area contributed by atoms with Crippen LogP contribution >= 0.6 is 0 Å². The Kier molecular flexibility index (Phi) is 5.02. The highest BCUT2D eigenvalue weighted by Crippen LogP contribution is 2.49. The van der Waals surface area contributed by atoms with E-state index in [1.165, 1.54) is 6.07 Å². The van der Waals surface area contributed by atoms with Crippen LogP contribution in [0.25, 0.3) is 10.8 Å². The summed E-state index contributed by atoms with van der Waals surface area (Å²) in [7, 11) is 0. The molecule has 154 valence electrons. The molecule has 0 spiro atoms. The Balaban J connectivity index is 1.43. The van der Waals surface area contributed by atoms with Gasteiger partial charge in [-0.15, -0.1) is 0 Å². The van der Waals surface area contributed by atoms with E-state index in [-0.39, 0.29) is 23.3 Å². The van der Waals surface area contributed by atoms with E-state index in [9.17, 15) is 14.0 Å². The van der Waals surface area contributed by atoms with Crippen LogP contribution < -0.4 is 5.32 Å². The molecule has 1 fully saturated rings. The van der Waals surface area contributed by atoms with Gasteiger partial charge in [0.25, 0.3) is 0 Å². The van der Waals surface area contributed by atoms with Crippen molar-refractivity contribution in [2.75, 3.05) is 5.32 Å². The molecular formula is C24H23FN2O3. The number of aromatic nitrogens is 1. The number of nitrogens with zero attached hydrogens (tertiary/aromatic N) is 1. The van der Waals surface area contributed by atoms with E-state index in [0.717, 1.165) is 10.8 Å². The number of hydrogen-bond donors (Lipinski definition) is 1. The van der Waals surface area contributed by atoms with E-state index in [0.29, 0.717) is 17.7 Å². The quantitative estimate of drug-likeness (QED) is 0.614. The van der Waals surface area contributed by atoms with E-state index in [1.807, 2.05) is 24.3 Å². The standard InChI is InChI=1S/C24H23FN2O3/c1-24(2,3)30-23(29)15-5-7-18(21(25)11-15)19-12-20(19)22(28)27-17-6-4-16-13-26-9-8-14(16)10-17/h4-11,13,19-20H,12H2,1-3H3,(H,27,28). The second kappa shape index (κ2) is 7.52. The van der Waals surface area contributed by atoms with Crippen molar-refractivity contribution < 1.29 is 18.7 Å². The fraction of sp³-hybridized carbons (Fsp3) is 0.292. The number of fused-ring (bicyclic) bond motifs is 1. The van der Waals surface area contributed by atoms with Gasteiger partial charge in [-0.2, -0.15) is 0 Å². The molecule has 1 aromatic heterocycles. The predicted octanol–water partition coefficient (Wildman–Crippen LogP) is 5.07. The third kappa shape index (κ3) is 4.32. The van der Waals surface area contributed by atoms with Gasteiger partial charge >= 0.3 is 5.97 Å². The van der Waals surface area contributed by atoms with Crippen LogP contribution in [0, 0.1) is 11.7 Å². The van der Waals surface area contributed by atoms with Gasteiger partial charge in [-0.3, -0.25) is 9.78 Å². The van der Waals surface area contributed by atoms with Gasteiger partial charge in [0.15, 0.2) is 0 Å². The summed E-state index contributed by atoms with van der Waals surface area (Å²) >= 11 is 0. The summed E-state index contributed by atoms with van der Waals surface area (Å²) in [6.45, 7) is 5.28. The van der Waals surface area contributed by atoms with E-state index in [4.69, 9.17) is 4.74 Å². The second-order valence-corrected chi connectivity index (χ2v) is 8.61. The average Bonchev–Trinajstić information content (AvgIpc) is 3.47. The highest BCUT2D eigenvalue weighted by Gasteiger charge is 2.45. The molecule has 1 N–H and O–H groups in total. The van der Waals surface area contributed by atoms with Gasteiger partial charge in [0.05, 0.1) is 5.56 Å². The van der Waals surface area contributed by atoms with Crippen molar-refractivity contribution in [1.29, 1.82) is 0 Å². The molecule has 2 atom stereocenters. The number of amides is 1. The van der Waals surface area contributed by atoms with Gasteiger partial charge in [0, 0.05) is 29.4 Å². The van der Waals surface area contributed by atoms with Crippen LogP contribution in [0.15, 0.2) is 54.9 Å². The number of benzene rings is 2. The second-order valence-electron chi connectivity index (χ2n) is 8.61. The van der Waals surface area contributed by atoms with Gasteiger partial charge in [-0.25, -0.2) is 9.18 Å². The van der Waals surface area contributed by atoms with Crippen LogP contribution in [0.5, 0.6) is 0 Å². The smallest absolute Gasteiger partial charge is 0.338 e. The Morgan fingerprint density at radius 3 is 2.63 bits per heavy atom. The highest BCUT2D eigenvalue weighted by atomic mass is 19.1. The van der Waals surface area contributed by atoms with Crippen LogP contribution in [-0.2, 0) is 9.53 Å². The number of carbonyl (C=O) groups excluding carboxylic acids is 2. The first-order valence-corrected chi connectivity index (χ1v) is 9.89. The topological polar surface area (TPSA) is 68.3 Å². The summed E-state index contributed by atoms with van der Waals surface area (Å²) in [6, 6.07) is 11.8. The van der Waals surface area contributed by atoms with Crippen molar-refractivity contribution >= 4 is 28.3 Å². The number of pyridine rings is 1. The normalized spacial score (nSPS) is 18.1. The van der Waals surface area contributed by atoms with Crippen LogP contribution in [0.1, 0.15) is 49.0 Å². The number of nitrogens with one attached hydrogen (secondary N) is 1. The van der Waals surface area contributed by atoms with Crippen molar-refractivity contribution in [2.24, 2.45) is 5.92 Å². The number of anilines is 1. The maximum atomic E-state index is 14.6. The van der Waals surface area contributed by atoms with Crippen LogP contribution in [-0.4, -0.2) is 22.5 Å². The first-order chi connectivity index (χ1) is 14.2. The zero-order chi connectivity index (χ0) is 21.5. The fourth-order valence-electron chi connectivity index (χ4n) is 3.52. The molecule has 1 aliphatic carbocycles. The molecule has 5 nitrogen and oxygen atoms in total. The zero-order valence-corrected chi connectivity index (χ0v) is 17.1. The number of esters is 1. The van der Waals surface area contributed by atoms with Gasteiger partial charge in [-0.1, -0.05) is 12.1 Å². The molecule has 1 amide bonds. The lowest BCUT2D eigenvalue weighted by atomic mass is 10.0. The molecule has 3 aromatic rings. The van der Waals surface area contributed by atoms with E-state index in [1.54, 1.807) is 45.3 Å². The first-order valence-electron chi connectivity index (χ1n) is 9.89. The minimum Gasteiger partial charge on any atom is -0.456 e. The van der Waals surface area contributed by atoms with Crippen molar-refractivity contribution in [2.45, 2.75) is 38.7 Å². The lowest BCUT2D eigenvalue weighted by Crippen LogP contribution is -2.24. The molecule has 2 aromatic carbocycles. The number of rotatable bonds is 4. The summed E-state index contributed by atoms with van der Waals surface area (Å²) in [4.78, 5) is 28.8. The molecular weight excluding hydrogens is 383 g/mol. The number of hydrogen-bond acceptors (Lipinski definition) is 4. The van der Waals surface area contributed by atoms with E-state index in [2.05, 4.69) is 10.3 Å². The maximum Gasteiger partial charge on any atom is 0.338 e. The minimum absolute atomic E-state index is 0.135. The molecule has 30 heavy (non-hydrogen) atoms. The van der Waals surface area contributed by atoms with E-state index < -0.39 is 17.4 Å². The summed E-state index contributed by atoms with van der Waals surface area (Å²) in [5.74, 6) is -1.67. The maximum absolute atomic E-state index is 14.6. The Labute approximate surface area is 174 Å². The summed E-state index contributed by atoms with van der Waals surface area (Å²) in [6.07, 6.45) is 4.04. The molecule has 0 bridgehead atoms.